The number of hydrogen-bond donors (Lipinski definition) is 2. The summed E-state index contributed by atoms with van der Waals surface area (Å²) >= 11 is 0. The highest BCUT2D eigenvalue weighted by atomic mass is 32.2. The van der Waals surface area contributed by atoms with Crippen molar-refractivity contribution in [3.63, 3.8) is 0 Å². The zero-order valence-electron chi connectivity index (χ0n) is 16.4. The van der Waals surface area contributed by atoms with Crippen LogP contribution in [0.25, 0.3) is 10.9 Å². The zero-order chi connectivity index (χ0) is 21.1. The van der Waals surface area contributed by atoms with Gasteiger partial charge in [0.1, 0.15) is 0 Å². The molecule has 4 rings (SSSR count). The van der Waals surface area contributed by atoms with Crippen LogP contribution >= 0.6 is 0 Å². The lowest BCUT2D eigenvalue weighted by molar-refractivity contribution is 0.182. The first-order valence-electron chi connectivity index (χ1n) is 9.65. The molecule has 1 saturated heterocycles. The fourth-order valence-corrected chi connectivity index (χ4v) is 5.09. The average Bonchev–Trinajstić information content (AvgIpc) is 2.74. The zero-order valence-corrected chi connectivity index (χ0v) is 17.2. The number of anilines is 1. The highest BCUT2D eigenvalue weighted by Gasteiger charge is 2.28. The molecule has 1 fully saturated rings. The molecule has 3 N–H and O–H groups in total. The van der Waals surface area contributed by atoms with Crippen molar-refractivity contribution in [2.75, 3.05) is 31.5 Å². The summed E-state index contributed by atoms with van der Waals surface area (Å²) in [4.78, 5) is 17.9. The highest BCUT2D eigenvalue weighted by Crippen LogP contribution is 2.22. The second kappa shape index (κ2) is 8.39. The quantitative estimate of drug-likeness (QED) is 0.652. The number of benzene rings is 2. The first kappa shape index (κ1) is 20.3. The molecule has 0 radical (unpaired) electrons. The standard InChI is InChI=1S/C21H23N5O3S/c22-21(27)24-18-6-8-19(9-7-18)30(28,29)26-13-11-25(12-14-26)15-17-4-1-3-16-5-2-10-23-20(16)17/h1-10H,11-15H2,(H3,22,24,27). The Balaban J connectivity index is 1.41. The number of pyridine rings is 1. The van der Waals surface area contributed by atoms with Crippen LogP contribution in [0.4, 0.5) is 10.5 Å². The highest BCUT2D eigenvalue weighted by molar-refractivity contribution is 7.89. The molecule has 0 bridgehead atoms. The monoisotopic (exact) mass is 425 g/mol. The summed E-state index contributed by atoms with van der Waals surface area (Å²) in [7, 11) is -3.59. The Kier molecular flexibility index (Phi) is 5.67. The normalized spacial score (nSPS) is 15.9. The molecule has 2 amide bonds. The Labute approximate surface area is 175 Å². The largest absolute Gasteiger partial charge is 0.351 e. The lowest BCUT2D eigenvalue weighted by Gasteiger charge is -2.34. The van der Waals surface area contributed by atoms with Gasteiger partial charge in [0.05, 0.1) is 10.4 Å². The minimum Gasteiger partial charge on any atom is -0.351 e. The number of nitrogens with one attached hydrogen (secondary N) is 1. The maximum atomic E-state index is 12.9. The van der Waals surface area contributed by atoms with E-state index in [4.69, 9.17) is 5.73 Å². The number of amides is 2. The van der Waals surface area contributed by atoms with Gasteiger partial charge in [-0.3, -0.25) is 9.88 Å². The number of para-hydroxylation sites is 1. The van der Waals surface area contributed by atoms with Crippen LogP contribution in [0, 0.1) is 0 Å². The topological polar surface area (TPSA) is 109 Å². The van der Waals surface area contributed by atoms with Crippen molar-refractivity contribution >= 4 is 32.6 Å². The van der Waals surface area contributed by atoms with Crippen molar-refractivity contribution in [1.82, 2.24) is 14.2 Å². The molecule has 0 atom stereocenters. The molecule has 8 nitrogen and oxygen atoms in total. The molecule has 0 spiro atoms. The van der Waals surface area contributed by atoms with Gasteiger partial charge in [-0.25, -0.2) is 13.2 Å². The Hall–Kier alpha value is -3.01. The Bertz CT molecular complexity index is 1150. The number of primary amides is 1. The molecular formula is C21H23N5O3S. The molecule has 1 aliphatic rings. The minimum atomic E-state index is -3.59. The summed E-state index contributed by atoms with van der Waals surface area (Å²) in [5.74, 6) is 0. The van der Waals surface area contributed by atoms with E-state index in [0.717, 1.165) is 23.0 Å². The van der Waals surface area contributed by atoms with E-state index >= 15 is 0 Å². The SMILES string of the molecule is NC(=O)Nc1ccc(S(=O)(=O)N2CCN(Cc3cccc4cccnc34)CC2)cc1. The predicted octanol–water partition coefficient (Wildman–Crippen LogP) is 2.23. The number of carbonyl (C=O) groups is 1. The third-order valence-electron chi connectivity index (χ3n) is 5.20. The van der Waals surface area contributed by atoms with Crippen LogP contribution in [0.3, 0.4) is 0 Å². The van der Waals surface area contributed by atoms with Crippen molar-refractivity contribution in [2.24, 2.45) is 5.73 Å². The van der Waals surface area contributed by atoms with Crippen LogP contribution < -0.4 is 11.1 Å². The van der Waals surface area contributed by atoms with Gasteiger partial charge in [-0.15, -0.1) is 0 Å². The molecule has 1 aromatic heterocycles. The maximum Gasteiger partial charge on any atom is 0.316 e. The van der Waals surface area contributed by atoms with Crippen molar-refractivity contribution in [3.05, 3.63) is 66.4 Å². The van der Waals surface area contributed by atoms with Crippen molar-refractivity contribution in [3.8, 4) is 0 Å². The lowest BCUT2D eigenvalue weighted by Crippen LogP contribution is -2.48. The van der Waals surface area contributed by atoms with Gasteiger partial charge >= 0.3 is 6.03 Å². The van der Waals surface area contributed by atoms with Crippen LogP contribution in [0.15, 0.2) is 65.7 Å². The molecule has 156 valence electrons. The number of nitrogens with zero attached hydrogens (tertiary/aromatic N) is 3. The summed E-state index contributed by atoms with van der Waals surface area (Å²) in [6, 6.07) is 15.4. The number of hydrogen-bond acceptors (Lipinski definition) is 5. The van der Waals surface area contributed by atoms with Crippen LogP contribution in [0.5, 0.6) is 0 Å². The molecule has 2 heterocycles. The van der Waals surface area contributed by atoms with Gasteiger partial charge in [0, 0.05) is 50.0 Å². The molecule has 1 aliphatic heterocycles. The van der Waals surface area contributed by atoms with Crippen molar-refractivity contribution in [1.29, 1.82) is 0 Å². The molecule has 0 unspecified atom stereocenters. The van der Waals surface area contributed by atoms with Gasteiger partial charge < -0.3 is 11.1 Å². The number of fused-ring (bicyclic) bond motifs is 1. The average molecular weight is 426 g/mol. The van der Waals surface area contributed by atoms with Crippen molar-refractivity contribution < 1.29 is 13.2 Å². The molecule has 9 heteroatoms. The summed E-state index contributed by atoms with van der Waals surface area (Å²) in [5.41, 5.74) is 7.66. The molecule has 0 saturated carbocycles. The Morgan fingerprint density at radius 2 is 1.70 bits per heavy atom. The van der Waals surface area contributed by atoms with E-state index in [-0.39, 0.29) is 4.90 Å². The van der Waals surface area contributed by atoms with E-state index in [1.807, 2.05) is 24.3 Å². The van der Waals surface area contributed by atoms with Crippen LogP contribution in [-0.4, -0.2) is 54.8 Å². The number of piperazine rings is 1. The van der Waals surface area contributed by atoms with E-state index in [1.54, 1.807) is 6.20 Å². The number of aromatic nitrogens is 1. The van der Waals surface area contributed by atoms with E-state index in [0.29, 0.717) is 31.9 Å². The van der Waals surface area contributed by atoms with Crippen molar-refractivity contribution in [2.45, 2.75) is 11.4 Å². The first-order chi connectivity index (χ1) is 14.4. The first-order valence-corrected chi connectivity index (χ1v) is 11.1. The van der Waals surface area contributed by atoms with Gasteiger partial charge in [-0.2, -0.15) is 4.31 Å². The Morgan fingerprint density at radius 3 is 2.40 bits per heavy atom. The minimum absolute atomic E-state index is 0.198. The molecule has 30 heavy (non-hydrogen) atoms. The molecule has 2 aromatic carbocycles. The van der Waals surface area contributed by atoms with E-state index < -0.39 is 16.1 Å². The number of rotatable bonds is 5. The number of sulfonamides is 1. The van der Waals surface area contributed by atoms with Crippen LogP contribution in [0.2, 0.25) is 0 Å². The number of urea groups is 1. The second-order valence-corrected chi connectivity index (χ2v) is 9.12. The van der Waals surface area contributed by atoms with E-state index in [1.165, 1.54) is 28.6 Å². The fraction of sp³-hybridized carbons (Fsp3) is 0.238. The van der Waals surface area contributed by atoms with E-state index in [2.05, 4.69) is 21.3 Å². The number of carbonyl (C=O) groups excluding carboxylic acids is 1. The Morgan fingerprint density at radius 1 is 1.00 bits per heavy atom. The van der Waals surface area contributed by atoms with E-state index in [9.17, 15) is 13.2 Å². The van der Waals surface area contributed by atoms with Gasteiger partial charge in [0.15, 0.2) is 0 Å². The lowest BCUT2D eigenvalue weighted by atomic mass is 10.1. The summed E-state index contributed by atoms with van der Waals surface area (Å²) < 4.78 is 27.4. The summed E-state index contributed by atoms with van der Waals surface area (Å²) in [6.07, 6.45) is 1.79. The van der Waals surface area contributed by atoms with Gasteiger partial charge in [-0.05, 0) is 35.9 Å². The molecular weight excluding hydrogens is 402 g/mol. The number of nitrogens with two attached hydrogens (primary N) is 1. The smallest absolute Gasteiger partial charge is 0.316 e. The molecule has 0 aliphatic carbocycles. The van der Waals surface area contributed by atoms with Crippen LogP contribution in [-0.2, 0) is 16.6 Å². The second-order valence-electron chi connectivity index (χ2n) is 7.19. The van der Waals surface area contributed by atoms with Gasteiger partial charge in [0.25, 0.3) is 0 Å². The maximum absolute atomic E-state index is 12.9. The third kappa shape index (κ3) is 4.28. The third-order valence-corrected chi connectivity index (χ3v) is 7.11. The van der Waals surface area contributed by atoms with Gasteiger partial charge in [0.2, 0.25) is 10.0 Å². The summed E-state index contributed by atoms with van der Waals surface area (Å²) in [6.45, 7) is 2.85. The van der Waals surface area contributed by atoms with Crippen LogP contribution in [0.1, 0.15) is 5.56 Å². The predicted molar refractivity (Wildman–Crippen MR) is 115 cm³/mol. The van der Waals surface area contributed by atoms with Gasteiger partial charge in [-0.1, -0.05) is 24.3 Å². The summed E-state index contributed by atoms with van der Waals surface area (Å²) in [5, 5.41) is 3.53. The fourth-order valence-electron chi connectivity index (χ4n) is 3.67. The molecule has 3 aromatic rings.